The summed E-state index contributed by atoms with van der Waals surface area (Å²) >= 11 is 0. The van der Waals surface area contributed by atoms with Gasteiger partial charge in [-0.3, -0.25) is 10.1 Å². The minimum absolute atomic E-state index is 0.145. The lowest BCUT2D eigenvalue weighted by Crippen LogP contribution is -2.38. The van der Waals surface area contributed by atoms with Gasteiger partial charge in [0.1, 0.15) is 0 Å². The van der Waals surface area contributed by atoms with Gasteiger partial charge in [0.25, 0.3) is 5.69 Å². The van der Waals surface area contributed by atoms with Crippen LogP contribution >= 0.6 is 0 Å². The molecule has 1 N–H and O–H groups in total. The lowest BCUT2D eigenvalue weighted by molar-refractivity contribution is -0.385. The molecular formula is C12H16N2O3. The number of aliphatic hydroxyl groups excluding tert-OH is 1. The molecule has 5 heteroatoms. The molecule has 0 radical (unpaired) electrons. The Balaban J connectivity index is 2.22. The Morgan fingerprint density at radius 3 is 2.88 bits per heavy atom. The number of nitro groups is 1. The number of hydrogen-bond acceptors (Lipinski definition) is 4. The summed E-state index contributed by atoms with van der Waals surface area (Å²) in [6, 6.07) is 5.10. The van der Waals surface area contributed by atoms with Crippen molar-refractivity contribution in [3.05, 3.63) is 33.9 Å². The molecule has 1 heterocycles. The molecule has 1 atom stereocenters. The van der Waals surface area contributed by atoms with Crippen molar-refractivity contribution in [2.45, 2.75) is 25.9 Å². The van der Waals surface area contributed by atoms with Crippen molar-refractivity contribution in [3.63, 3.8) is 0 Å². The first-order chi connectivity index (χ1) is 8.08. The molecule has 1 aromatic carbocycles. The Kier molecular flexibility index (Phi) is 3.28. The van der Waals surface area contributed by atoms with Gasteiger partial charge in [-0.2, -0.15) is 0 Å². The van der Waals surface area contributed by atoms with Gasteiger partial charge in [-0.15, -0.1) is 0 Å². The summed E-state index contributed by atoms with van der Waals surface area (Å²) in [4.78, 5) is 12.4. The summed E-state index contributed by atoms with van der Waals surface area (Å²) < 4.78 is 0. The third-order valence-corrected chi connectivity index (χ3v) is 3.14. The number of β-amino-alcohol motifs (C(OH)–C–C–N with tert-alkyl or cyclic N) is 1. The summed E-state index contributed by atoms with van der Waals surface area (Å²) in [6.45, 7) is 3.24. The molecule has 0 bridgehead atoms. The second-order valence-corrected chi connectivity index (χ2v) is 4.47. The predicted molar refractivity (Wildman–Crippen MR) is 65.3 cm³/mol. The normalized spacial score (nSPS) is 20.4. The van der Waals surface area contributed by atoms with Crippen LogP contribution in [0.15, 0.2) is 18.2 Å². The highest BCUT2D eigenvalue weighted by atomic mass is 16.6. The van der Waals surface area contributed by atoms with Crippen molar-refractivity contribution < 1.29 is 10.0 Å². The second-order valence-electron chi connectivity index (χ2n) is 4.47. The zero-order valence-electron chi connectivity index (χ0n) is 9.80. The molecule has 2 rings (SSSR count). The molecule has 0 saturated carbocycles. The molecule has 5 nitrogen and oxygen atoms in total. The van der Waals surface area contributed by atoms with E-state index in [1.165, 1.54) is 6.07 Å². The fourth-order valence-electron chi connectivity index (χ4n) is 2.23. The summed E-state index contributed by atoms with van der Waals surface area (Å²) in [5.41, 5.74) is 1.76. The van der Waals surface area contributed by atoms with E-state index in [2.05, 4.69) is 4.90 Å². The zero-order valence-corrected chi connectivity index (χ0v) is 9.80. The first kappa shape index (κ1) is 11.9. The van der Waals surface area contributed by atoms with Crippen molar-refractivity contribution in [1.29, 1.82) is 0 Å². The van der Waals surface area contributed by atoms with Crippen molar-refractivity contribution in [2.75, 3.05) is 18.0 Å². The first-order valence-corrected chi connectivity index (χ1v) is 5.76. The van der Waals surface area contributed by atoms with Crippen molar-refractivity contribution in [1.82, 2.24) is 0 Å². The van der Waals surface area contributed by atoms with E-state index < -0.39 is 0 Å². The highest BCUT2D eigenvalue weighted by Crippen LogP contribution is 2.26. The number of aryl methyl sites for hydroxylation is 1. The monoisotopic (exact) mass is 236 g/mol. The zero-order chi connectivity index (χ0) is 12.4. The Hall–Kier alpha value is -1.62. The topological polar surface area (TPSA) is 66.6 Å². The highest BCUT2D eigenvalue weighted by Gasteiger charge is 2.19. The summed E-state index contributed by atoms with van der Waals surface area (Å²) in [7, 11) is 0. The number of hydrogen-bond donors (Lipinski definition) is 1. The largest absolute Gasteiger partial charge is 0.391 e. The fourth-order valence-corrected chi connectivity index (χ4v) is 2.23. The molecule has 1 aliphatic rings. The van der Waals surface area contributed by atoms with Crippen LogP contribution in [0.5, 0.6) is 0 Å². The van der Waals surface area contributed by atoms with Crippen molar-refractivity contribution >= 4 is 11.4 Å². The summed E-state index contributed by atoms with van der Waals surface area (Å²) in [5, 5.41) is 20.3. The van der Waals surface area contributed by atoms with E-state index in [4.69, 9.17) is 0 Å². The van der Waals surface area contributed by atoms with Crippen LogP contribution in [-0.2, 0) is 0 Å². The number of anilines is 1. The number of nitrogens with zero attached hydrogens (tertiary/aromatic N) is 2. The van der Waals surface area contributed by atoms with Crippen LogP contribution in [0.25, 0.3) is 0 Å². The van der Waals surface area contributed by atoms with Crippen LogP contribution in [0, 0.1) is 17.0 Å². The van der Waals surface area contributed by atoms with Gasteiger partial charge in [-0.25, -0.2) is 0 Å². The summed E-state index contributed by atoms with van der Waals surface area (Å²) in [5.74, 6) is 0. The maximum Gasteiger partial charge on any atom is 0.272 e. The number of rotatable bonds is 2. The molecule has 0 aliphatic carbocycles. The van der Waals surface area contributed by atoms with Crippen molar-refractivity contribution in [3.8, 4) is 0 Å². The van der Waals surface area contributed by atoms with E-state index in [1.807, 2.05) is 6.07 Å². The quantitative estimate of drug-likeness (QED) is 0.628. The number of benzene rings is 1. The SMILES string of the molecule is Cc1cc(N2CCCC(O)C2)ccc1[N+](=O)[O-]. The van der Waals surface area contributed by atoms with Gasteiger partial charge >= 0.3 is 0 Å². The Morgan fingerprint density at radius 2 is 2.29 bits per heavy atom. The third-order valence-electron chi connectivity index (χ3n) is 3.14. The Bertz CT molecular complexity index is 434. The molecule has 1 saturated heterocycles. The molecule has 1 aromatic rings. The van der Waals surface area contributed by atoms with Gasteiger partial charge in [0.2, 0.25) is 0 Å². The average Bonchev–Trinajstić information content (AvgIpc) is 2.28. The van der Waals surface area contributed by atoms with Gasteiger partial charge in [0.15, 0.2) is 0 Å². The van der Waals surface area contributed by atoms with Gasteiger partial charge in [0.05, 0.1) is 11.0 Å². The van der Waals surface area contributed by atoms with E-state index in [9.17, 15) is 15.2 Å². The van der Waals surface area contributed by atoms with Gasteiger partial charge in [-0.1, -0.05) is 0 Å². The highest BCUT2D eigenvalue weighted by molar-refractivity contribution is 5.55. The Morgan fingerprint density at radius 1 is 1.53 bits per heavy atom. The summed E-state index contributed by atoms with van der Waals surface area (Å²) in [6.07, 6.45) is 1.50. The maximum absolute atomic E-state index is 10.7. The predicted octanol–water partition coefficient (Wildman–Crippen LogP) is 1.86. The van der Waals surface area contributed by atoms with Gasteiger partial charge in [-0.05, 0) is 31.9 Å². The van der Waals surface area contributed by atoms with E-state index in [0.717, 1.165) is 25.1 Å². The fraction of sp³-hybridized carbons (Fsp3) is 0.500. The molecule has 1 unspecified atom stereocenters. The maximum atomic E-state index is 10.7. The smallest absolute Gasteiger partial charge is 0.272 e. The third kappa shape index (κ3) is 2.55. The minimum Gasteiger partial charge on any atom is -0.391 e. The van der Waals surface area contributed by atoms with E-state index >= 15 is 0 Å². The standard InChI is InChI=1S/C12H16N2O3/c1-9-7-10(4-5-12(9)14(16)17)13-6-2-3-11(15)8-13/h4-5,7,11,15H,2-3,6,8H2,1H3. The van der Waals surface area contributed by atoms with Gasteiger partial charge in [0, 0.05) is 30.4 Å². The molecule has 1 fully saturated rings. The van der Waals surface area contributed by atoms with Crippen LogP contribution in [0.4, 0.5) is 11.4 Å². The molecule has 17 heavy (non-hydrogen) atoms. The van der Waals surface area contributed by atoms with Crippen LogP contribution in [0.1, 0.15) is 18.4 Å². The molecule has 0 amide bonds. The molecule has 0 aromatic heterocycles. The Labute approximate surface area is 99.8 Å². The molecule has 1 aliphatic heterocycles. The van der Waals surface area contributed by atoms with Crippen LogP contribution < -0.4 is 4.90 Å². The van der Waals surface area contributed by atoms with E-state index in [0.29, 0.717) is 12.1 Å². The van der Waals surface area contributed by atoms with E-state index in [1.54, 1.807) is 13.0 Å². The average molecular weight is 236 g/mol. The van der Waals surface area contributed by atoms with Gasteiger partial charge < -0.3 is 10.0 Å². The lowest BCUT2D eigenvalue weighted by Gasteiger charge is -2.32. The minimum atomic E-state index is -0.371. The van der Waals surface area contributed by atoms with Crippen LogP contribution in [0.2, 0.25) is 0 Å². The number of aliphatic hydroxyl groups is 1. The number of piperidine rings is 1. The number of nitro benzene ring substituents is 1. The molecule has 92 valence electrons. The second kappa shape index (κ2) is 4.71. The molecule has 0 spiro atoms. The van der Waals surface area contributed by atoms with Crippen molar-refractivity contribution in [2.24, 2.45) is 0 Å². The lowest BCUT2D eigenvalue weighted by atomic mass is 10.1. The van der Waals surface area contributed by atoms with Crippen LogP contribution in [0.3, 0.4) is 0 Å². The van der Waals surface area contributed by atoms with Crippen LogP contribution in [-0.4, -0.2) is 29.2 Å². The van der Waals surface area contributed by atoms with E-state index in [-0.39, 0.29) is 16.7 Å². The first-order valence-electron chi connectivity index (χ1n) is 5.76. The molecular weight excluding hydrogens is 220 g/mol.